The Labute approximate surface area is 142 Å². The molecule has 0 spiro atoms. The van der Waals surface area contributed by atoms with Gasteiger partial charge >= 0.3 is 0 Å². The van der Waals surface area contributed by atoms with Gasteiger partial charge in [-0.3, -0.25) is 10.1 Å². The van der Waals surface area contributed by atoms with Crippen LogP contribution in [0.25, 0.3) is 0 Å². The minimum atomic E-state index is -3.99. The van der Waals surface area contributed by atoms with Gasteiger partial charge in [-0.05, 0) is 17.7 Å². The van der Waals surface area contributed by atoms with Crippen LogP contribution < -0.4 is 0 Å². The molecule has 9 nitrogen and oxygen atoms in total. The summed E-state index contributed by atoms with van der Waals surface area (Å²) in [6.07, 6.45) is 1.49. The zero-order valence-electron chi connectivity index (χ0n) is 11.7. The zero-order chi connectivity index (χ0) is 18.0. The minimum absolute atomic E-state index is 0.0143. The third-order valence-electron chi connectivity index (χ3n) is 2.27. The number of nitro groups is 1. The molecule has 0 aliphatic carbocycles. The number of halogens is 2. The van der Waals surface area contributed by atoms with Crippen molar-refractivity contribution in [3.8, 4) is 0 Å². The number of alkyl halides is 2. The molecule has 0 radical (unpaired) electrons. The third kappa shape index (κ3) is 6.57. The van der Waals surface area contributed by atoms with E-state index in [0.29, 0.717) is 0 Å². The van der Waals surface area contributed by atoms with Gasteiger partial charge in [-0.15, -0.1) is 0 Å². The summed E-state index contributed by atoms with van der Waals surface area (Å²) in [5, 5.41) is 11.0. The molecule has 2 unspecified atom stereocenters. The molecule has 23 heavy (non-hydrogen) atoms. The van der Waals surface area contributed by atoms with Crippen molar-refractivity contribution in [2.45, 2.75) is 11.1 Å². The molecule has 0 amide bonds. The molecule has 1 rings (SSSR count). The lowest BCUT2D eigenvalue weighted by Crippen LogP contribution is -2.10. The highest BCUT2D eigenvalue weighted by Crippen LogP contribution is 2.35. The van der Waals surface area contributed by atoms with Crippen LogP contribution in [-0.4, -0.2) is 34.3 Å². The third-order valence-corrected chi connectivity index (χ3v) is 4.23. The smallest absolute Gasteiger partial charge is 0.258 e. The topological polar surface area (TPSA) is 130 Å². The first-order chi connectivity index (χ1) is 10.3. The van der Waals surface area contributed by atoms with Crippen molar-refractivity contribution in [1.82, 2.24) is 0 Å². The second-order valence-electron chi connectivity index (χ2n) is 4.31. The molecule has 0 heterocycles. The summed E-state index contributed by atoms with van der Waals surface area (Å²) in [5.74, 6) is 0. The second-order valence-corrected chi connectivity index (χ2v) is 8.30. The molecule has 130 valence electrons. The number of nitro benzene ring substituents is 1. The van der Waals surface area contributed by atoms with E-state index in [1.165, 1.54) is 0 Å². The van der Waals surface area contributed by atoms with Gasteiger partial charge in [-0.1, -0.05) is 23.2 Å². The summed E-state index contributed by atoms with van der Waals surface area (Å²) < 4.78 is 53.3. The molecule has 0 aromatic heterocycles. The standard InChI is InChI=1S/C10H11Cl2NO8S2/c1-22(16,17)20-9(11)6-3-4-8(13(14)15)7(5-6)10(12)21-23(2,18)19/h3-5,9-10H,1-2H3. The molecule has 1 aromatic carbocycles. The molecule has 0 saturated carbocycles. The molecule has 0 bridgehead atoms. The highest BCUT2D eigenvalue weighted by atomic mass is 35.5. The van der Waals surface area contributed by atoms with E-state index >= 15 is 0 Å². The van der Waals surface area contributed by atoms with Crippen molar-refractivity contribution in [2.24, 2.45) is 0 Å². The average Bonchev–Trinajstić information content (AvgIpc) is 2.33. The number of hydrogen-bond donors (Lipinski definition) is 0. The van der Waals surface area contributed by atoms with Crippen LogP contribution in [-0.2, 0) is 28.6 Å². The molecule has 0 fully saturated rings. The van der Waals surface area contributed by atoms with Crippen LogP contribution in [0.1, 0.15) is 22.3 Å². The van der Waals surface area contributed by atoms with Crippen molar-refractivity contribution in [3.05, 3.63) is 39.4 Å². The van der Waals surface area contributed by atoms with E-state index in [9.17, 15) is 26.9 Å². The van der Waals surface area contributed by atoms with Crippen molar-refractivity contribution in [2.75, 3.05) is 12.5 Å². The fraction of sp³-hybridized carbons (Fsp3) is 0.400. The molecular formula is C10H11Cl2NO8S2. The summed E-state index contributed by atoms with van der Waals surface area (Å²) in [5.41, 5.74) is -4.01. The maximum atomic E-state index is 11.1. The zero-order valence-corrected chi connectivity index (χ0v) is 14.8. The number of rotatable bonds is 7. The fourth-order valence-electron chi connectivity index (χ4n) is 1.48. The first-order valence-electron chi connectivity index (χ1n) is 5.63. The monoisotopic (exact) mass is 407 g/mol. The van der Waals surface area contributed by atoms with Crippen LogP contribution in [0.2, 0.25) is 0 Å². The lowest BCUT2D eigenvalue weighted by molar-refractivity contribution is -0.385. The second kappa shape index (κ2) is 7.28. The molecular weight excluding hydrogens is 397 g/mol. The van der Waals surface area contributed by atoms with Crippen LogP contribution in [0.4, 0.5) is 5.69 Å². The van der Waals surface area contributed by atoms with Gasteiger partial charge in [0.2, 0.25) is 0 Å². The quantitative estimate of drug-likeness (QED) is 0.290. The van der Waals surface area contributed by atoms with E-state index in [4.69, 9.17) is 23.2 Å². The van der Waals surface area contributed by atoms with E-state index in [1.807, 2.05) is 0 Å². The molecule has 13 heteroatoms. The maximum absolute atomic E-state index is 11.1. The lowest BCUT2D eigenvalue weighted by atomic mass is 10.1. The van der Waals surface area contributed by atoms with Crippen LogP contribution >= 0.6 is 23.2 Å². The fourth-order valence-corrected chi connectivity index (χ4v) is 3.41. The summed E-state index contributed by atoms with van der Waals surface area (Å²) in [7, 11) is -7.88. The van der Waals surface area contributed by atoms with Gasteiger partial charge in [0.15, 0.2) is 11.1 Å². The maximum Gasteiger partial charge on any atom is 0.276 e. The SMILES string of the molecule is CS(=O)(=O)OC(Cl)c1ccc([N+](=O)[O-])c(C(Cl)OS(C)(=O)=O)c1. The number of nitrogens with zero attached hydrogens (tertiary/aromatic N) is 1. The largest absolute Gasteiger partial charge is 0.276 e. The highest BCUT2D eigenvalue weighted by molar-refractivity contribution is 7.86. The van der Waals surface area contributed by atoms with Gasteiger partial charge in [-0.25, -0.2) is 8.37 Å². The summed E-state index contributed by atoms with van der Waals surface area (Å²) >= 11 is 11.5. The molecule has 0 N–H and O–H groups in total. The van der Waals surface area contributed by atoms with Crippen LogP contribution in [0.5, 0.6) is 0 Å². The van der Waals surface area contributed by atoms with Crippen molar-refractivity contribution in [3.63, 3.8) is 0 Å². The van der Waals surface area contributed by atoms with E-state index in [1.54, 1.807) is 0 Å². The van der Waals surface area contributed by atoms with Gasteiger partial charge in [0, 0.05) is 6.07 Å². The molecule has 1 aromatic rings. The Morgan fingerprint density at radius 1 is 1.04 bits per heavy atom. The van der Waals surface area contributed by atoms with Crippen LogP contribution in [0.3, 0.4) is 0 Å². The first-order valence-corrected chi connectivity index (χ1v) is 10.1. The lowest BCUT2D eigenvalue weighted by Gasteiger charge is -2.14. The van der Waals surface area contributed by atoms with Gasteiger partial charge in [0.05, 0.1) is 23.0 Å². The summed E-state index contributed by atoms with van der Waals surface area (Å²) in [4.78, 5) is 10.2. The summed E-state index contributed by atoms with van der Waals surface area (Å²) in [6, 6.07) is 3.16. The predicted molar refractivity (Wildman–Crippen MR) is 82.1 cm³/mol. The van der Waals surface area contributed by atoms with Crippen molar-refractivity contribution >= 4 is 49.1 Å². The average molecular weight is 408 g/mol. The normalized spacial score (nSPS) is 15.1. The molecule has 2 atom stereocenters. The van der Waals surface area contributed by atoms with Crippen LogP contribution in [0.15, 0.2) is 18.2 Å². The Balaban J connectivity index is 3.30. The Morgan fingerprint density at radius 3 is 1.96 bits per heavy atom. The van der Waals surface area contributed by atoms with E-state index < -0.39 is 42.0 Å². The van der Waals surface area contributed by atoms with E-state index in [2.05, 4.69) is 8.37 Å². The van der Waals surface area contributed by atoms with Gasteiger partial charge < -0.3 is 0 Å². The molecule has 0 aliphatic heterocycles. The Kier molecular flexibility index (Phi) is 6.35. The molecule has 0 aliphatic rings. The Hall–Kier alpha value is -0.980. The Bertz CT molecular complexity index is 808. The van der Waals surface area contributed by atoms with Gasteiger partial charge in [0.1, 0.15) is 0 Å². The minimum Gasteiger partial charge on any atom is -0.258 e. The van der Waals surface area contributed by atoms with Gasteiger partial charge in [-0.2, -0.15) is 16.8 Å². The first kappa shape index (κ1) is 20.1. The van der Waals surface area contributed by atoms with Crippen molar-refractivity contribution < 1.29 is 30.1 Å². The van der Waals surface area contributed by atoms with Gasteiger partial charge in [0.25, 0.3) is 25.9 Å². The highest BCUT2D eigenvalue weighted by Gasteiger charge is 2.26. The van der Waals surface area contributed by atoms with E-state index in [-0.39, 0.29) is 11.1 Å². The Morgan fingerprint density at radius 2 is 1.52 bits per heavy atom. The predicted octanol–water partition coefficient (Wildman–Crippen LogP) is 2.02. The summed E-state index contributed by atoms with van der Waals surface area (Å²) in [6.45, 7) is 0. The van der Waals surface area contributed by atoms with Crippen LogP contribution in [0, 0.1) is 10.1 Å². The number of benzene rings is 1. The molecule has 0 saturated heterocycles. The van der Waals surface area contributed by atoms with Crippen molar-refractivity contribution in [1.29, 1.82) is 0 Å². The van der Waals surface area contributed by atoms with E-state index in [0.717, 1.165) is 30.7 Å². The number of hydrogen-bond acceptors (Lipinski definition) is 8.